The molecule has 0 radical (unpaired) electrons. The second-order valence-electron chi connectivity index (χ2n) is 16.9. The lowest BCUT2D eigenvalue weighted by molar-refractivity contribution is -0.332. The molecule has 11 unspecified atom stereocenters. The highest BCUT2D eigenvalue weighted by Crippen LogP contribution is 2.26. The minimum atomic E-state index is -1.71. The highest BCUT2D eigenvalue weighted by atomic mass is 16.7. The Labute approximate surface area is 372 Å². The van der Waals surface area contributed by atoms with Crippen molar-refractivity contribution in [3.63, 3.8) is 0 Å². The molecule has 362 valence electrons. The zero-order valence-electron chi connectivity index (χ0n) is 38.1. The van der Waals surface area contributed by atoms with Crippen LogP contribution in [0.3, 0.4) is 0 Å². The number of esters is 1. The molecule has 14 heteroatoms. The maximum absolute atomic E-state index is 13.0. The van der Waals surface area contributed by atoms with E-state index in [4.69, 9.17) is 28.4 Å². The van der Waals surface area contributed by atoms with Gasteiger partial charge in [-0.05, 0) is 44.9 Å². The van der Waals surface area contributed by atoms with Crippen LogP contribution in [0, 0.1) is 0 Å². The minimum Gasteiger partial charge on any atom is -0.457 e. The predicted molar refractivity (Wildman–Crippen MR) is 238 cm³/mol. The summed E-state index contributed by atoms with van der Waals surface area (Å²) >= 11 is 0. The third kappa shape index (κ3) is 24.5. The van der Waals surface area contributed by atoms with Crippen molar-refractivity contribution < 1.29 is 69.0 Å². The summed E-state index contributed by atoms with van der Waals surface area (Å²) < 4.78 is 34.2. The standard InChI is InChI=1S/C48H86O14/c1-3-5-7-9-11-13-15-17-18-19-21-23-25-27-29-31-40(50)60-37(34-57-32-30-28-26-24-22-20-16-14-12-10-8-6-4-2)35-58-47-46(56)44(54)42(52)39(62-47)36-59-48-45(55)43(53)41(51)38(33-49)61-48/h5,7,11,13,17-18,37-39,41-49,51-56H,3-4,6,8-10,12,14-16,19-36H2,1-2H3/b7-5-,13-11-,18-17-. The topological polar surface area (TPSA) is 214 Å². The number of unbranched alkanes of at least 4 members (excludes halogenated alkanes) is 17. The Morgan fingerprint density at radius 2 is 1.05 bits per heavy atom. The fourth-order valence-corrected chi connectivity index (χ4v) is 7.47. The number of hydrogen-bond donors (Lipinski definition) is 7. The molecule has 7 N–H and O–H groups in total. The van der Waals surface area contributed by atoms with Gasteiger partial charge < -0.3 is 64.2 Å². The van der Waals surface area contributed by atoms with E-state index >= 15 is 0 Å². The summed E-state index contributed by atoms with van der Waals surface area (Å²) in [5.74, 6) is -0.393. The molecule has 0 aliphatic carbocycles. The van der Waals surface area contributed by atoms with Gasteiger partial charge in [-0.2, -0.15) is 0 Å². The van der Waals surface area contributed by atoms with Gasteiger partial charge in [-0.3, -0.25) is 4.79 Å². The molecule has 2 aliphatic rings. The van der Waals surface area contributed by atoms with Gasteiger partial charge >= 0.3 is 5.97 Å². The van der Waals surface area contributed by atoms with Crippen LogP contribution in [0.25, 0.3) is 0 Å². The average Bonchev–Trinajstić information content (AvgIpc) is 3.27. The molecular formula is C48H86O14. The van der Waals surface area contributed by atoms with Crippen LogP contribution in [-0.2, 0) is 33.2 Å². The summed E-state index contributed by atoms with van der Waals surface area (Å²) in [4.78, 5) is 13.0. The van der Waals surface area contributed by atoms with E-state index in [1.54, 1.807) is 0 Å². The van der Waals surface area contributed by atoms with E-state index in [2.05, 4.69) is 50.3 Å². The monoisotopic (exact) mass is 887 g/mol. The molecule has 2 heterocycles. The molecule has 14 nitrogen and oxygen atoms in total. The molecule has 2 fully saturated rings. The van der Waals surface area contributed by atoms with E-state index < -0.39 is 86.7 Å². The first-order valence-electron chi connectivity index (χ1n) is 24.1. The van der Waals surface area contributed by atoms with Crippen molar-refractivity contribution >= 4 is 5.97 Å². The molecular weight excluding hydrogens is 801 g/mol. The SMILES string of the molecule is CC/C=C\C/C=C\C/C=C\CCCCCCCC(=O)OC(COCCCCCCCCCCCCCCC)COC1OC(COC2OC(CO)C(O)C(O)C2O)C(O)C(O)C1O. The van der Waals surface area contributed by atoms with Gasteiger partial charge in [0.1, 0.15) is 54.9 Å². The predicted octanol–water partition coefficient (Wildman–Crippen LogP) is 6.24. The number of carbonyl (C=O) groups is 1. The van der Waals surface area contributed by atoms with Crippen molar-refractivity contribution in [2.75, 3.05) is 33.0 Å². The van der Waals surface area contributed by atoms with Crippen molar-refractivity contribution in [1.82, 2.24) is 0 Å². The lowest BCUT2D eigenvalue weighted by Gasteiger charge is -2.42. The fraction of sp³-hybridized carbons (Fsp3) is 0.854. The van der Waals surface area contributed by atoms with Crippen molar-refractivity contribution in [3.8, 4) is 0 Å². The molecule has 0 amide bonds. The van der Waals surface area contributed by atoms with Gasteiger partial charge in [0, 0.05) is 13.0 Å². The molecule has 0 saturated carbocycles. The van der Waals surface area contributed by atoms with Crippen LogP contribution >= 0.6 is 0 Å². The molecule has 2 aliphatic heterocycles. The maximum atomic E-state index is 13.0. The number of allylic oxidation sites excluding steroid dienone is 6. The summed E-state index contributed by atoms with van der Waals surface area (Å²) in [6, 6.07) is 0. The van der Waals surface area contributed by atoms with Gasteiger partial charge in [-0.1, -0.05) is 147 Å². The lowest BCUT2D eigenvalue weighted by Crippen LogP contribution is -2.61. The van der Waals surface area contributed by atoms with Crippen LogP contribution in [0.4, 0.5) is 0 Å². The summed E-state index contributed by atoms with van der Waals surface area (Å²) in [6.07, 6.45) is 22.1. The van der Waals surface area contributed by atoms with Crippen molar-refractivity contribution in [2.45, 2.75) is 229 Å². The largest absolute Gasteiger partial charge is 0.457 e. The van der Waals surface area contributed by atoms with E-state index in [0.29, 0.717) is 13.0 Å². The van der Waals surface area contributed by atoms with Gasteiger partial charge in [0.05, 0.1) is 26.4 Å². The third-order valence-corrected chi connectivity index (χ3v) is 11.4. The quantitative estimate of drug-likeness (QED) is 0.0209. The van der Waals surface area contributed by atoms with Crippen LogP contribution in [0.2, 0.25) is 0 Å². The van der Waals surface area contributed by atoms with Gasteiger partial charge in [-0.15, -0.1) is 0 Å². The summed E-state index contributed by atoms with van der Waals surface area (Å²) in [7, 11) is 0. The maximum Gasteiger partial charge on any atom is 0.306 e. The molecule has 0 spiro atoms. The Bertz CT molecular complexity index is 1170. The van der Waals surface area contributed by atoms with Crippen molar-refractivity contribution in [1.29, 1.82) is 0 Å². The van der Waals surface area contributed by atoms with Crippen molar-refractivity contribution in [2.24, 2.45) is 0 Å². The number of aliphatic hydroxyl groups excluding tert-OH is 7. The number of ether oxygens (including phenoxy) is 6. The summed E-state index contributed by atoms with van der Waals surface area (Å²) in [6.45, 7) is 3.55. The first-order chi connectivity index (χ1) is 30.1. The second kappa shape index (κ2) is 36.4. The molecule has 0 bridgehead atoms. The first kappa shape index (κ1) is 56.3. The number of hydrogen-bond acceptors (Lipinski definition) is 14. The fourth-order valence-electron chi connectivity index (χ4n) is 7.47. The van der Waals surface area contributed by atoms with E-state index in [1.807, 2.05) is 0 Å². The Hall–Kier alpha value is -1.79. The molecule has 2 saturated heterocycles. The van der Waals surface area contributed by atoms with Gasteiger partial charge in [0.15, 0.2) is 12.6 Å². The van der Waals surface area contributed by atoms with Crippen LogP contribution in [0.1, 0.15) is 162 Å². The summed E-state index contributed by atoms with van der Waals surface area (Å²) in [5.41, 5.74) is 0. The molecule has 0 aromatic carbocycles. The molecule has 2 rings (SSSR count). The minimum absolute atomic E-state index is 0.0564. The molecule has 0 aromatic heterocycles. The smallest absolute Gasteiger partial charge is 0.306 e. The average molecular weight is 887 g/mol. The van der Waals surface area contributed by atoms with Crippen LogP contribution in [0.5, 0.6) is 0 Å². The zero-order valence-corrected chi connectivity index (χ0v) is 38.1. The first-order valence-corrected chi connectivity index (χ1v) is 24.1. The van der Waals surface area contributed by atoms with E-state index in [1.165, 1.54) is 64.2 Å². The Morgan fingerprint density at radius 1 is 0.548 bits per heavy atom. The molecule has 0 aromatic rings. The van der Waals surface area contributed by atoms with Gasteiger partial charge in [-0.25, -0.2) is 0 Å². The van der Waals surface area contributed by atoms with Crippen LogP contribution in [-0.4, -0.2) is 142 Å². The van der Waals surface area contributed by atoms with Crippen LogP contribution in [0.15, 0.2) is 36.5 Å². The van der Waals surface area contributed by atoms with E-state index in [0.717, 1.165) is 70.6 Å². The number of carbonyl (C=O) groups excluding carboxylic acids is 1. The summed E-state index contributed by atoms with van der Waals surface area (Å²) in [5, 5.41) is 72.0. The van der Waals surface area contributed by atoms with E-state index in [9.17, 15) is 40.5 Å². The van der Waals surface area contributed by atoms with Crippen LogP contribution < -0.4 is 0 Å². The number of aliphatic hydroxyl groups is 7. The van der Waals surface area contributed by atoms with Gasteiger partial charge in [0.2, 0.25) is 0 Å². The zero-order chi connectivity index (χ0) is 45.2. The second-order valence-corrected chi connectivity index (χ2v) is 16.9. The lowest BCUT2D eigenvalue weighted by atomic mass is 9.98. The molecule has 11 atom stereocenters. The number of rotatable bonds is 37. The van der Waals surface area contributed by atoms with Crippen molar-refractivity contribution in [3.05, 3.63) is 36.5 Å². The normalized spacial score (nSPS) is 27.5. The van der Waals surface area contributed by atoms with Gasteiger partial charge in [0.25, 0.3) is 0 Å². The molecule has 62 heavy (non-hydrogen) atoms. The Balaban J connectivity index is 1.80. The third-order valence-electron chi connectivity index (χ3n) is 11.4. The van der Waals surface area contributed by atoms with E-state index in [-0.39, 0.29) is 19.6 Å². The highest BCUT2D eigenvalue weighted by Gasteiger charge is 2.47. The Kier molecular flexibility index (Phi) is 33.1. The Morgan fingerprint density at radius 3 is 1.65 bits per heavy atom. The highest BCUT2D eigenvalue weighted by molar-refractivity contribution is 5.69.